The molecular formula is C15H22N4O4. The van der Waals surface area contributed by atoms with E-state index < -0.39 is 11.0 Å². The van der Waals surface area contributed by atoms with Crippen molar-refractivity contribution in [1.29, 1.82) is 0 Å². The van der Waals surface area contributed by atoms with Gasteiger partial charge in [0.1, 0.15) is 18.5 Å². The van der Waals surface area contributed by atoms with Gasteiger partial charge in [-0.1, -0.05) is 6.08 Å². The van der Waals surface area contributed by atoms with Crippen molar-refractivity contribution < 1.29 is 14.8 Å². The van der Waals surface area contributed by atoms with Crippen LogP contribution in [0, 0.1) is 10.1 Å². The van der Waals surface area contributed by atoms with Crippen LogP contribution in [0.4, 0.5) is 5.69 Å². The molecule has 0 bridgehead atoms. The van der Waals surface area contributed by atoms with Crippen LogP contribution in [0.5, 0.6) is 5.75 Å². The molecule has 0 aromatic heterocycles. The van der Waals surface area contributed by atoms with Crippen LogP contribution in [-0.2, 0) is 0 Å². The Balaban J connectivity index is 2.44. The molecule has 1 atom stereocenters. The number of benzene rings is 1. The molecule has 0 fully saturated rings. The number of hydrogen-bond donors (Lipinski definition) is 3. The van der Waals surface area contributed by atoms with Gasteiger partial charge in [0.2, 0.25) is 0 Å². The minimum atomic E-state index is -0.788. The highest BCUT2D eigenvalue weighted by molar-refractivity contribution is 5.79. The van der Waals surface area contributed by atoms with Crippen molar-refractivity contribution in [2.75, 3.05) is 26.2 Å². The lowest BCUT2D eigenvalue weighted by Gasteiger charge is -2.13. The topological polar surface area (TPSA) is 109 Å². The Bertz CT molecular complexity index is 531. The Morgan fingerprint density at radius 3 is 2.74 bits per heavy atom. The second-order valence-corrected chi connectivity index (χ2v) is 4.61. The zero-order valence-electron chi connectivity index (χ0n) is 13.1. The number of nitrogens with zero attached hydrogens (tertiary/aromatic N) is 2. The monoisotopic (exact) mass is 322 g/mol. The summed E-state index contributed by atoms with van der Waals surface area (Å²) < 4.78 is 5.38. The molecule has 1 rings (SSSR count). The molecule has 8 nitrogen and oxygen atoms in total. The molecule has 0 spiro atoms. The maximum absolute atomic E-state index is 10.5. The summed E-state index contributed by atoms with van der Waals surface area (Å²) in [6.45, 7) is 7.04. The minimum Gasteiger partial charge on any atom is -0.491 e. The first-order valence-electron chi connectivity index (χ1n) is 7.25. The van der Waals surface area contributed by atoms with Crippen molar-refractivity contribution in [3.63, 3.8) is 0 Å². The predicted molar refractivity (Wildman–Crippen MR) is 88.8 cm³/mol. The van der Waals surface area contributed by atoms with Gasteiger partial charge in [-0.2, -0.15) is 0 Å². The number of aliphatic hydroxyl groups is 1. The Kier molecular flexibility index (Phi) is 8.16. The van der Waals surface area contributed by atoms with E-state index >= 15 is 0 Å². The van der Waals surface area contributed by atoms with E-state index in [0.717, 1.165) is 0 Å². The summed E-state index contributed by atoms with van der Waals surface area (Å²) >= 11 is 0. The van der Waals surface area contributed by atoms with Gasteiger partial charge in [-0.15, -0.1) is 6.58 Å². The molecule has 0 saturated heterocycles. The fourth-order valence-corrected chi connectivity index (χ4v) is 1.62. The molecular weight excluding hydrogens is 300 g/mol. The number of nitro benzene ring substituents is 1. The number of nitrogens with one attached hydrogen (secondary N) is 2. The molecule has 8 heteroatoms. The fraction of sp³-hybridized carbons (Fsp3) is 0.400. The third kappa shape index (κ3) is 7.28. The minimum absolute atomic E-state index is 0.00827. The first-order chi connectivity index (χ1) is 11.1. The number of rotatable bonds is 9. The van der Waals surface area contributed by atoms with Gasteiger partial charge in [0.25, 0.3) is 5.69 Å². The average molecular weight is 322 g/mol. The van der Waals surface area contributed by atoms with Crippen molar-refractivity contribution in [3.8, 4) is 5.75 Å². The number of nitro groups is 1. The Morgan fingerprint density at radius 2 is 2.17 bits per heavy atom. The molecule has 1 aromatic carbocycles. The highest BCUT2D eigenvalue weighted by atomic mass is 16.6. The predicted octanol–water partition coefficient (Wildman–Crippen LogP) is 1.08. The largest absolute Gasteiger partial charge is 0.491 e. The third-order valence-corrected chi connectivity index (χ3v) is 2.71. The molecule has 1 aromatic rings. The van der Waals surface area contributed by atoms with Crippen molar-refractivity contribution in [1.82, 2.24) is 10.6 Å². The van der Waals surface area contributed by atoms with E-state index in [9.17, 15) is 15.2 Å². The zero-order valence-corrected chi connectivity index (χ0v) is 13.1. The maximum atomic E-state index is 10.5. The lowest BCUT2D eigenvalue weighted by molar-refractivity contribution is -0.384. The molecule has 0 amide bonds. The number of non-ortho nitro benzene ring substituents is 1. The second kappa shape index (κ2) is 10.2. The molecule has 0 aliphatic rings. The molecule has 0 saturated carbocycles. The van der Waals surface area contributed by atoms with Gasteiger partial charge >= 0.3 is 0 Å². The van der Waals surface area contributed by atoms with Gasteiger partial charge in [-0.05, 0) is 19.1 Å². The average Bonchev–Trinajstić information content (AvgIpc) is 2.55. The van der Waals surface area contributed by atoms with E-state index in [-0.39, 0.29) is 18.8 Å². The summed E-state index contributed by atoms with van der Waals surface area (Å²) in [5.41, 5.74) is -0.00827. The van der Waals surface area contributed by atoms with Crippen molar-refractivity contribution in [2.45, 2.75) is 13.0 Å². The standard InChI is InChI=1S/C15H22N4O4/c1-3-9-17-15(16-4-2)18-10-13(20)11-23-14-7-5-12(6-8-14)19(21)22/h3,5-8,13,20H,1,4,9-11H2,2H3,(H2,16,17,18). The molecule has 0 aliphatic heterocycles. The van der Waals surface area contributed by atoms with Crippen molar-refractivity contribution >= 4 is 11.6 Å². The van der Waals surface area contributed by atoms with Crippen molar-refractivity contribution in [3.05, 3.63) is 47.0 Å². The zero-order chi connectivity index (χ0) is 17.1. The van der Waals surface area contributed by atoms with Crippen LogP contribution in [-0.4, -0.2) is 48.3 Å². The van der Waals surface area contributed by atoms with E-state index in [1.807, 2.05) is 6.92 Å². The SMILES string of the molecule is C=CCNC(=NCC(O)COc1ccc([N+](=O)[O-])cc1)NCC. The molecule has 0 radical (unpaired) electrons. The van der Waals surface area contributed by atoms with E-state index in [1.165, 1.54) is 24.3 Å². The van der Waals surface area contributed by atoms with E-state index in [2.05, 4.69) is 22.2 Å². The van der Waals surface area contributed by atoms with Crippen LogP contribution in [0.1, 0.15) is 6.92 Å². The normalized spacial score (nSPS) is 12.3. The number of hydrogen-bond acceptors (Lipinski definition) is 5. The molecule has 126 valence electrons. The molecule has 0 heterocycles. The maximum Gasteiger partial charge on any atom is 0.269 e. The second-order valence-electron chi connectivity index (χ2n) is 4.61. The van der Waals surface area contributed by atoms with Crippen LogP contribution < -0.4 is 15.4 Å². The van der Waals surface area contributed by atoms with Crippen LogP contribution in [0.15, 0.2) is 41.9 Å². The molecule has 0 aliphatic carbocycles. The van der Waals surface area contributed by atoms with Crippen LogP contribution in [0.3, 0.4) is 0 Å². The summed E-state index contributed by atoms with van der Waals surface area (Å²) in [5, 5.41) is 26.5. The van der Waals surface area contributed by atoms with Gasteiger partial charge in [-0.25, -0.2) is 0 Å². The Hall–Kier alpha value is -2.61. The highest BCUT2D eigenvalue weighted by Crippen LogP contribution is 2.17. The van der Waals surface area contributed by atoms with Crippen molar-refractivity contribution in [2.24, 2.45) is 4.99 Å². The van der Waals surface area contributed by atoms with Gasteiger partial charge in [-0.3, -0.25) is 15.1 Å². The van der Waals surface area contributed by atoms with Gasteiger partial charge in [0.15, 0.2) is 5.96 Å². The van der Waals surface area contributed by atoms with Gasteiger partial charge in [0.05, 0.1) is 11.5 Å². The fourth-order valence-electron chi connectivity index (χ4n) is 1.62. The summed E-state index contributed by atoms with van der Waals surface area (Å²) in [4.78, 5) is 14.3. The lowest BCUT2D eigenvalue weighted by Crippen LogP contribution is -2.38. The first kappa shape index (κ1) is 18.4. The summed E-state index contributed by atoms with van der Waals surface area (Å²) in [7, 11) is 0. The Morgan fingerprint density at radius 1 is 1.48 bits per heavy atom. The quantitative estimate of drug-likeness (QED) is 0.206. The highest BCUT2D eigenvalue weighted by Gasteiger charge is 2.08. The van der Waals surface area contributed by atoms with Gasteiger partial charge < -0.3 is 20.5 Å². The summed E-state index contributed by atoms with van der Waals surface area (Å²) in [6, 6.07) is 5.68. The summed E-state index contributed by atoms with van der Waals surface area (Å²) in [6.07, 6.45) is 0.922. The van der Waals surface area contributed by atoms with E-state index in [0.29, 0.717) is 24.8 Å². The van der Waals surface area contributed by atoms with Gasteiger partial charge in [0, 0.05) is 25.2 Å². The third-order valence-electron chi connectivity index (χ3n) is 2.71. The molecule has 3 N–H and O–H groups in total. The van der Waals surface area contributed by atoms with Crippen LogP contribution in [0.2, 0.25) is 0 Å². The summed E-state index contributed by atoms with van der Waals surface area (Å²) in [5.74, 6) is 1.04. The van der Waals surface area contributed by atoms with E-state index in [4.69, 9.17) is 4.74 Å². The first-order valence-corrected chi connectivity index (χ1v) is 7.25. The van der Waals surface area contributed by atoms with Crippen LogP contribution >= 0.6 is 0 Å². The molecule has 1 unspecified atom stereocenters. The molecule has 23 heavy (non-hydrogen) atoms. The number of aliphatic imine (C=N–C) groups is 1. The number of guanidine groups is 1. The van der Waals surface area contributed by atoms with E-state index in [1.54, 1.807) is 6.08 Å². The number of ether oxygens (including phenoxy) is 1. The number of aliphatic hydroxyl groups excluding tert-OH is 1. The van der Waals surface area contributed by atoms with Crippen LogP contribution in [0.25, 0.3) is 0 Å². The lowest BCUT2D eigenvalue weighted by atomic mass is 10.3. The smallest absolute Gasteiger partial charge is 0.269 e. The Labute approximate surface area is 135 Å².